The Kier molecular flexibility index (Phi) is 7.45. The average molecular weight is 584 g/mol. The number of hydrogen-bond acceptors (Lipinski definition) is 6. The van der Waals surface area contributed by atoms with Crippen LogP contribution in [0.1, 0.15) is 11.1 Å². The lowest BCUT2D eigenvalue weighted by Crippen LogP contribution is -2.21. The molecule has 37 heavy (non-hydrogen) atoms. The van der Waals surface area contributed by atoms with E-state index in [9.17, 15) is 22.9 Å². The minimum atomic E-state index is -3.87. The van der Waals surface area contributed by atoms with E-state index >= 15 is 0 Å². The van der Waals surface area contributed by atoms with Crippen molar-refractivity contribution in [3.63, 3.8) is 0 Å². The van der Waals surface area contributed by atoms with Crippen molar-refractivity contribution in [3.8, 4) is 23.3 Å². The Morgan fingerprint density at radius 2 is 1.81 bits per heavy atom. The highest BCUT2D eigenvalue weighted by Gasteiger charge is 2.16. The molecular formula is C26H19BrFN3O5S. The lowest BCUT2D eigenvalue weighted by molar-refractivity contribution is -0.118. The van der Waals surface area contributed by atoms with Crippen LogP contribution in [0, 0.1) is 24.1 Å². The fraction of sp³-hybridized carbons (Fsp3) is 0.0769. The number of halogens is 2. The molecule has 0 fully saturated rings. The Hall–Kier alpha value is -3.98. The van der Waals surface area contributed by atoms with Crippen molar-refractivity contribution in [2.45, 2.75) is 11.8 Å². The molecule has 0 aliphatic heterocycles. The van der Waals surface area contributed by atoms with Crippen molar-refractivity contribution in [1.82, 2.24) is 0 Å². The average Bonchev–Trinajstić information content (AvgIpc) is 2.85. The standard InChI is InChI=1S/C26H19BrFN3O5S/c1-15-11-18(37(30,33)34)6-8-21(15)31-25(32)14-35-22-9-5-17(28)12-24(22)36-23-10-7-19-16(13-29)3-2-4-20(19)26(23)27/h2-12H,14H2,1H3,(H,31,32)(H2,30,33,34). The summed E-state index contributed by atoms with van der Waals surface area (Å²) < 4.78 is 49.1. The van der Waals surface area contributed by atoms with Crippen LogP contribution in [-0.2, 0) is 14.8 Å². The lowest BCUT2D eigenvalue weighted by Gasteiger charge is -2.15. The van der Waals surface area contributed by atoms with Crippen molar-refractivity contribution in [1.29, 1.82) is 5.26 Å². The zero-order valence-electron chi connectivity index (χ0n) is 19.3. The number of benzene rings is 4. The Bertz CT molecular complexity index is 1690. The summed E-state index contributed by atoms with van der Waals surface area (Å²) in [5, 5.41) is 18.6. The van der Waals surface area contributed by atoms with Gasteiger partial charge >= 0.3 is 0 Å². The number of nitrogens with one attached hydrogen (secondary N) is 1. The molecule has 11 heteroatoms. The van der Waals surface area contributed by atoms with Gasteiger partial charge in [-0.25, -0.2) is 17.9 Å². The summed E-state index contributed by atoms with van der Waals surface area (Å²) >= 11 is 3.49. The predicted molar refractivity (Wildman–Crippen MR) is 140 cm³/mol. The van der Waals surface area contributed by atoms with Crippen molar-refractivity contribution in [2.24, 2.45) is 5.14 Å². The lowest BCUT2D eigenvalue weighted by atomic mass is 10.1. The van der Waals surface area contributed by atoms with Crippen molar-refractivity contribution in [3.05, 3.63) is 88.1 Å². The highest BCUT2D eigenvalue weighted by molar-refractivity contribution is 9.10. The Morgan fingerprint density at radius 3 is 2.51 bits per heavy atom. The molecule has 8 nitrogen and oxygen atoms in total. The third-order valence-electron chi connectivity index (χ3n) is 5.37. The summed E-state index contributed by atoms with van der Waals surface area (Å²) in [7, 11) is -3.87. The van der Waals surface area contributed by atoms with Crippen LogP contribution in [0.25, 0.3) is 10.8 Å². The Balaban J connectivity index is 1.52. The van der Waals surface area contributed by atoms with Crippen LogP contribution in [-0.4, -0.2) is 20.9 Å². The molecule has 0 aliphatic carbocycles. The van der Waals surface area contributed by atoms with Gasteiger partial charge in [-0.15, -0.1) is 0 Å². The first kappa shape index (κ1) is 26.1. The second-order valence-corrected chi connectivity index (χ2v) is 10.3. The summed E-state index contributed by atoms with van der Waals surface area (Å²) in [5.41, 5.74) is 1.37. The fourth-order valence-corrected chi connectivity index (χ4v) is 4.72. The van der Waals surface area contributed by atoms with Crippen LogP contribution < -0.4 is 19.9 Å². The molecule has 4 aromatic rings. The number of fused-ring (bicyclic) bond motifs is 1. The van der Waals surface area contributed by atoms with Crippen LogP contribution >= 0.6 is 15.9 Å². The monoisotopic (exact) mass is 583 g/mol. The van der Waals surface area contributed by atoms with E-state index in [1.807, 2.05) is 6.07 Å². The minimum Gasteiger partial charge on any atom is -0.480 e. The largest absolute Gasteiger partial charge is 0.480 e. The van der Waals surface area contributed by atoms with E-state index in [0.717, 1.165) is 16.8 Å². The van der Waals surface area contributed by atoms with Crippen molar-refractivity contribution < 1.29 is 27.1 Å². The molecular weight excluding hydrogens is 565 g/mol. The topological polar surface area (TPSA) is 132 Å². The second kappa shape index (κ2) is 10.6. The first-order chi connectivity index (χ1) is 17.6. The molecule has 0 spiro atoms. The molecule has 1 amide bonds. The maximum absolute atomic E-state index is 14.0. The van der Waals surface area contributed by atoms with E-state index in [1.165, 1.54) is 30.3 Å². The zero-order valence-corrected chi connectivity index (χ0v) is 21.7. The van der Waals surface area contributed by atoms with Gasteiger partial charge in [0.1, 0.15) is 11.6 Å². The van der Waals surface area contributed by atoms with Crippen molar-refractivity contribution in [2.75, 3.05) is 11.9 Å². The molecule has 4 aromatic carbocycles. The fourth-order valence-electron chi connectivity index (χ4n) is 3.56. The van der Waals surface area contributed by atoms with Gasteiger partial charge in [0.2, 0.25) is 10.0 Å². The SMILES string of the molecule is Cc1cc(S(N)(=O)=O)ccc1NC(=O)COc1ccc(F)cc1Oc1ccc2c(C#N)cccc2c1Br. The predicted octanol–water partition coefficient (Wildman–Crippen LogP) is 5.38. The molecule has 0 saturated heterocycles. The number of nitrogens with two attached hydrogens (primary N) is 1. The maximum Gasteiger partial charge on any atom is 0.262 e. The van der Waals surface area contributed by atoms with E-state index < -0.39 is 28.4 Å². The molecule has 0 unspecified atom stereocenters. The molecule has 0 radical (unpaired) electrons. The number of nitrogens with zero attached hydrogens (tertiary/aromatic N) is 1. The number of carbonyl (C=O) groups excluding carboxylic acids is 1. The summed E-state index contributed by atoms with van der Waals surface area (Å²) in [5.74, 6) is -0.583. The van der Waals surface area contributed by atoms with Gasteiger partial charge in [-0.2, -0.15) is 5.26 Å². The van der Waals surface area contributed by atoms with E-state index in [2.05, 4.69) is 27.3 Å². The molecule has 0 atom stereocenters. The van der Waals surface area contributed by atoms with Gasteiger partial charge in [0.15, 0.2) is 18.1 Å². The number of anilines is 1. The number of carbonyl (C=O) groups is 1. The number of primary sulfonamides is 1. The normalized spacial score (nSPS) is 11.1. The van der Waals surface area contributed by atoms with Gasteiger partial charge in [-0.1, -0.05) is 12.1 Å². The quantitative estimate of drug-likeness (QED) is 0.300. The van der Waals surface area contributed by atoms with Crippen LogP contribution in [0.5, 0.6) is 17.2 Å². The number of ether oxygens (including phenoxy) is 2. The van der Waals surface area contributed by atoms with Crippen molar-refractivity contribution >= 4 is 48.3 Å². The Morgan fingerprint density at radius 1 is 1.05 bits per heavy atom. The smallest absolute Gasteiger partial charge is 0.262 e. The molecule has 188 valence electrons. The maximum atomic E-state index is 14.0. The van der Waals surface area contributed by atoms with Gasteiger partial charge in [-0.3, -0.25) is 4.79 Å². The summed E-state index contributed by atoms with van der Waals surface area (Å²) in [6, 6.07) is 18.5. The third kappa shape index (κ3) is 5.89. The van der Waals surface area contributed by atoms with Crippen LogP contribution in [0.2, 0.25) is 0 Å². The summed E-state index contributed by atoms with van der Waals surface area (Å²) in [6.07, 6.45) is 0. The van der Waals surface area contributed by atoms with E-state index in [4.69, 9.17) is 14.6 Å². The van der Waals surface area contributed by atoms with Gasteiger partial charge in [0.05, 0.1) is 21.0 Å². The van der Waals surface area contributed by atoms with E-state index in [0.29, 0.717) is 27.0 Å². The number of hydrogen-bond donors (Lipinski definition) is 2. The van der Waals surface area contributed by atoms with Gasteiger partial charge in [-0.05, 0) is 76.9 Å². The molecule has 0 heterocycles. The number of aryl methyl sites for hydroxylation is 1. The van der Waals surface area contributed by atoms with Crippen LogP contribution in [0.3, 0.4) is 0 Å². The summed E-state index contributed by atoms with van der Waals surface area (Å²) in [6.45, 7) is 1.20. The summed E-state index contributed by atoms with van der Waals surface area (Å²) in [4.78, 5) is 12.4. The molecule has 0 aromatic heterocycles. The van der Waals surface area contributed by atoms with Gasteiger partial charge in [0, 0.05) is 22.5 Å². The molecule has 3 N–H and O–H groups in total. The second-order valence-electron chi connectivity index (χ2n) is 7.94. The first-order valence-corrected chi connectivity index (χ1v) is 13.1. The third-order valence-corrected chi connectivity index (χ3v) is 7.09. The molecule has 4 rings (SSSR count). The molecule has 0 saturated carbocycles. The number of nitriles is 1. The van der Waals surface area contributed by atoms with E-state index in [-0.39, 0.29) is 16.4 Å². The highest BCUT2D eigenvalue weighted by atomic mass is 79.9. The first-order valence-electron chi connectivity index (χ1n) is 10.7. The minimum absolute atomic E-state index is 0.0398. The Labute approximate surface area is 220 Å². The number of amides is 1. The number of rotatable bonds is 7. The van der Waals surface area contributed by atoms with Gasteiger partial charge in [0.25, 0.3) is 5.91 Å². The zero-order chi connectivity index (χ0) is 26.7. The molecule has 0 bridgehead atoms. The van der Waals surface area contributed by atoms with Crippen LogP contribution in [0.4, 0.5) is 10.1 Å². The molecule has 0 aliphatic rings. The van der Waals surface area contributed by atoms with Gasteiger partial charge < -0.3 is 14.8 Å². The number of sulfonamides is 1. The van der Waals surface area contributed by atoms with E-state index in [1.54, 1.807) is 31.2 Å². The van der Waals surface area contributed by atoms with Crippen LogP contribution in [0.15, 0.2) is 76.1 Å². The highest BCUT2D eigenvalue weighted by Crippen LogP contribution is 2.39.